The molecule has 18 heavy (non-hydrogen) atoms. The number of halogens is 1. The molecule has 0 aliphatic carbocycles. The number of hydrogen-bond acceptors (Lipinski definition) is 5. The molecule has 1 atom stereocenters. The Morgan fingerprint density at radius 3 is 2.89 bits per heavy atom. The molecule has 1 unspecified atom stereocenters. The molecule has 0 amide bonds. The molecule has 0 aromatic carbocycles. The molecule has 1 N–H and O–H groups in total. The summed E-state index contributed by atoms with van der Waals surface area (Å²) in [5, 5.41) is 7.22. The van der Waals surface area contributed by atoms with E-state index in [4.69, 9.17) is 4.74 Å². The van der Waals surface area contributed by atoms with Gasteiger partial charge in [-0.1, -0.05) is 0 Å². The number of ether oxygens (including phenoxy) is 1. The summed E-state index contributed by atoms with van der Waals surface area (Å²) in [7, 11) is 0. The number of hydrogen-bond donors (Lipinski definition) is 1. The van der Waals surface area contributed by atoms with Crippen molar-refractivity contribution in [3.05, 3.63) is 30.6 Å². The maximum Gasteiger partial charge on any atom is 0.227 e. The monoisotopic (exact) mass is 249 g/mol. The van der Waals surface area contributed by atoms with E-state index in [0.717, 1.165) is 31.1 Å². The second-order valence-corrected chi connectivity index (χ2v) is 4.08. The van der Waals surface area contributed by atoms with Crippen molar-refractivity contribution < 1.29 is 9.13 Å². The lowest BCUT2D eigenvalue weighted by molar-refractivity contribution is 0.184. The van der Waals surface area contributed by atoms with E-state index in [1.807, 2.05) is 10.9 Å². The normalized spacial score (nSPS) is 19.1. The van der Waals surface area contributed by atoms with Gasteiger partial charge in [0.15, 0.2) is 5.82 Å². The van der Waals surface area contributed by atoms with Gasteiger partial charge in [0.2, 0.25) is 5.95 Å². The van der Waals surface area contributed by atoms with Crippen molar-refractivity contribution in [2.45, 2.75) is 12.5 Å². The van der Waals surface area contributed by atoms with Crippen LogP contribution >= 0.6 is 0 Å². The average molecular weight is 249 g/mol. The predicted molar refractivity (Wildman–Crippen MR) is 62.0 cm³/mol. The first kappa shape index (κ1) is 11.1. The molecule has 1 saturated heterocycles. The molecule has 94 valence electrons. The number of nitrogens with one attached hydrogen (secondary N) is 1. The van der Waals surface area contributed by atoms with E-state index in [0.29, 0.717) is 12.6 Å². The van der Waals surface area contributed by atoms with E-state index < -0.39 is 5.82 Å². The minimum absolute atomic E-state index is 0.287. The molecule has 1 fully saturated rings. The highest BCUT2D eigenvalue weighted by Gasteiger charge is 2.18. The molecule has 3 rings (SSSR count). The molecule has 6 nitrogen and oxygen atoms in total. The minimum Gasteiger partial charge on any atom is -0.379 e. The third-order valence-electron chi connectivity index (χ3n) is 2.76. The summed E-state index contributed by atoms with van der Waals surface area (Å²) >= 11 is 0. The highest BCUT2D eigenvalue weighted by Crippen LogP contribution is 2.20. The van der Waals surface area contributed by atoms with Crippen LogP contribution in [0.3, 0.4) is 0 Å². The zero-order valence-electron chi connectivity index (χ0n) is 9.58. The molecule has 1 aliphatic rings. The van der Waals surface area contributed by atoms with Gasteiger partial charge >= 0.3 is 0 Å². The van der Waals surface area contributed by atoms with Crippen LogP contribution < -0.4 is 5.32 Å². The van der Waals surface area contributed by atoms with Crippen molar-refractivity contribution in [1.29, 1.82) is 0 Å². The molecule has 2 aromatic rings. The molecule has 2 aromatic heterocycles. The second-order valence-electron chi connectivity index (χ2n) is 4.08. The van der Waals surface area contributed by atoms with E-state index >= 15 is 0 Å². The first-order valence-corrected chi connectivity index (χ1v) is 5.68. The van der Waals surface area contributed by atoms with Gasteiger partial charge in [0, 0.05) is 12.8 Å². The summed E-state index contributed by atoms with van der Waals surface area (Å²) in [5.41, 5.74) is 0.772. The Bertz CT molecular complexity index is 520. The van der Waals surface area contributed by atoms with E-state index in [1.165, 1.54) is 0 Å². The number of rotatable bonds is 3. The largest absolute Gasteiger partial charge is 0.379 e. The number of anilines is 2. The van der Waals surface area contributed by atoms with Crippen molar-refractivity contribution in [2.24, 2.45) is 0 Å². The Kier molecular flexibility index (Phi) is 2.89. The lowest BCUT2D eigenvalue weighted by Crippen LogP contribution is -2.08. The van der Waals surface area contributed by atoms with Crippen molar-refractivity contribution in [2.75, 3.05) is 18.5 Å². The van der Waals surface area contributed by atoms with Crippen LogP contribution in [0.4, 0.5) is 16.0 Å². The maximum atomic E-state index is 12.7. The molecule has 1 aliphatic heterocycles. The number of nitrogens with zero attached hydrogens (tertiary/aromatic N) is 4. The van der Waals surface area contributed by atoms with E-state index in [9.17, 15) is 4.39 Å². The molecule has 0 spiro atoms. The fraction of sp³-hybridized carbons (Fsp3) is 0.364. The van der Waals surface area contributed by atoms with Gasteiger partial charge in [0.1, 0.15) is 0 Å². The van der Waals surface area contributed by atoms with Gasteiger partial charge in [-0.3, -0.25) is 4.68 Å². The van der Waals surface area contributed by atoms with E-state index in [-0.39, 0.29) is 6.04 Å². The SMILES string of the molecule is Fc1cnc(Nc2cnn(C3CCOC3)c2)nc1. The average Bonchev–Trinajstić information content (AvgIpc) is 3.02. The highest BCUT2D eigenvalue weighted by atomic mass is 19.1. The summed E-state index contributed by atoms with van der Waals surface area (Å²) in [4.78, 5) is 7.64. The van der Waals surface area contributed by atoms with Crippen molar-refractivity contribution in [1.82, 2.24) is 19.7 Å². The van der Waals surface area contributed by atoms with Crippen LogP contribution in [-0.4, -0.2) is 33.0 Å². The zero-order valence-corrected chi connectivity index (χ0v) is 9.58. The first-order chi connectivity index (χ1) is 8.81. The lowest BCUT2D eigenvalue weighted by Gasteiger charge is -2.06. The molecule has 0 radical (unpaired) electrons. The summed E-state index contributed by atoms with van der Waals surface area (Å²) in [6.45, 7) is 1.46. The Morgan fingerprint density at radius 2 is 2.17 bits per heavy atom. The van der Waals surface area contributed by atoms with E-state index in [1.54, 1.807) is 6.20 Å². The highest BCUT2D eigenvalue weighted by molar-refractivity contribution is 5.49. The van der Waals surface area contributed by atoms with Gasteiger partial charge in [-0.25, -0.2) is 14.4 Å². The van der Waals surface area contributed by atoms with Gasteiger partial charge in [0.25, 0.3) is 0 Å². The molecule has 7 heteroatoms. The summed E-state index contributed by atoms with van der Waals surface area (Å²) < 4.78 is 19.8. The fourth-order valence-corrected chi connectivity index (χ4v) is 1.84. The molecular weight excluding hydrogens is 237 g/mol. The Hall–Kier alpha value is -2.02. The Morgan fingerprint density at radius 1 is 1.33 bits per heavy atom. The van der Waals surface area contributed by atoms with Crippen molar-refractivity contribution in [3.8, 4) is 0 Å². The van der Waals surface area contributed by atoms with Crippen LogP contribution in [0.5, 0.6) is 0 Å². The van der Waals surface area contributed by atoms with Gasteiger partial charge in [-0.15, -0.1) is 0 Å². The third kappa shape index (κ3) is 2.30. The third-order valence-corrected chi connectivity index (χ3v) is 2.76. The maximum absolute atomic E-state index is 12.7. The van der Waals surface area contributed by atoms with Crippen LogP contribution in [0, 0.1) is 5.82 Å². The van der Waals surface area contributed by atoms with Gasteiger partial charge in [-0.05, 0) is 6.42 Å². The predicted octanol–water partition coefficient (Wildman–Crippen LogP) is 1.52. The molecule has 0 bridgehead atoms. The Labute approximate surface area is 103 Å². The second kappa shape index (κ2) is 4.69. The first-order valence-electron chi connectivity index (χ1n) is 5.68. The standard InChI is InChI=1S/C11H12FN5O/c12-8-3-13-11(14-4-8)16-9-5-15-17(6-9)10-1-2-18-7-10/h3-6,10H,1-2,7H2,(H,13,14,16). The number of aromatic nitrogens is 4. The van der Waals surface area contributed by atoms with Crippen LogP contribution in [-0.2, 0) is 4.74 Å². The van der Waals surface area contributed by atoms with Gasteiger partial charge < -0.3 is 10.1 Å². The summed E-state index contributed by atoms with van der Waals surface area (Å²) in [5.74, 6) is -0.113. The van der Waals surface area contributed by atoms with Gasteiger partial charge in [-0.2, -0.15) is 5.10 Å². The van der Waals surface area contributed by atoms with Crippen molar-refractivity contribution in [3.63, 3.8) is 0 Å². The molecular formula is C11H12FN5O. The molecule has 3 heterocycles. The van der Waals surface area contributed by atoms with Crippen LogP contribution in [0.1, 0.15) is 12.5 Å². The smallest absolute Gasteiger partial charge is 0.227 e. The lowest BCUT2D eigenvalue weighted by atomic mass is 10.3. The zero-order chi connectivity index (χ0) is 12.4. The quantitative estimate of drug-likeness (QED) is 0.893. The summed E-state index contributed by atoms with van der Waals surface area (Å²) in [6, 6.07) is 0.287. The van der Waals surface area contributed by atoms with Crippen LogP contribution in [0.25, 0.3) is 0 Å². The van der Waals surface area contributed by atoms with Crippen LogP contribution in [0.15, 0.2) is 24.8 Å². The minimum atomic E-state index is -0.459. The topological polar surface area (TPSA) is 64.9 Å². The Balaban J connectivity index is 1.71. The van der Waals surface area contributed by atoms with Gasteiger partial charge in [0.05, 0.1) is 36.9 Å². The van der Waals surface area contributed by atoms with Crippen molar-refractivity contribution >= 4 is 11.6 Å². The van der Waals surface area contributed by atoms with Crippen LogP contribution in [0.2, 0.25) is 0 Å². The summed E-state index contributed by atoms with van der Waals surface area (Å²) in [6.07, 6.45) is 6.75. The fourth-order valence-electron chi connectivity index (χ4n) is 1.84. The van der Waals surface area contributed by atoms with E-state index in [2.05, 4.69) is 20.4 Å². The molecule has 0 saturated carbocycles.